The van der Waals surface area contributed by atoms with Gasteiger partial charge in [0.05, 0.1) is 11.7 Å². The molecule has 34 heavy (non-hydrogen) atoms. The first-order chi connectivity index (χ1) is 16.4. The second-order valence-corrected chi connectivity index (χ2v) is 9.44. The van der Waals surface area contributed by atoms with Crippen molar-refractivity contribution in [3.05, 3.63) is 58.5 Å². The van der Waals surface area contributed by atoms with E-state index in [-0.39, 0.29) is 18.1 Å². The number of nitrogens with zero attached hydrogens (tertiary/aromatic N) is 6. The first-order valence-corrected chi connectivity index (χ1v) is 11.8. The lowest BCUT2D eigenvalue weighted by Gasteiger charge is -2.31. The number of fused-ring (bicyclic) bond motifs is 2. The Labute approximate surface area is 198 Å². The number of piperidine rings is 1. The first kappa shape index (κ1) is 22.3. The number of benzene rings is 1. The fourth-order valence-electron chi connectivity index (χ4n) is 4.78. The lowest BCUT2D eigenvalue weighted by Crippen LogP contribution is -2.44. The Bertz CT molecular complexity index is 1330. The van der Waals surface area contributed by atoms with Gasteiger partial charge in [-0.25, -0.2) is 14.7 Å². The summed E-state index contributed by atoms with van der Waals surface area (Å²) in [5.74, 6) is 1.98. The van der Waals surface area contributed by atoms with Crippen LogP contribution < -0.4 is 20.9 Å². The maximum absolute atomic E-state index is 13.6. The average Bonchev–Trinajstić information content (AvgIpc) is 3.18. The normalized spacial score (nSPS) is 19.8. The van der Waals surface area contributed by atoms with E-state index in [0.29, 0.717) is 23.5 Å². The number of imidazole rings is 1. The van der Waals surface area contributed by atoms with Crippen LogP contribution in [0.5, 0.6) is 5.75 Å². The number of hydrogen-bond donors (Lipinski definition) is 1. The van der Waals surface area contributed by atoms with Crippen LogP contribution >= 0.6 is 0 Å². The highest BCUT2D eigenvalue weighted by atomic mass is 16.5. The number of ether oxygens (including phenoxy) is 1. The summed E-state index contributed by atoms with van der Waals surface area (Å²) in [5.41, 5.74) is 7.68. The van der Waals surface area contributed by atoms with Crippen molar-refractivity contribution >= 4 is 22.9 Å². The minimum Gasteiger partial charge on any atom is -0.441 e. The summed E-state index contributed by atoms with van der Waals surface area (Å²) in [7, 11) is 0. The van der Waals surface area contributed by atoms with Crippen molar-refractivity contribution in [1.29, 1.82) is 0 Å². The Kier molecular flexibility index (Phi) is 5.73. The molecule has 2 aliphatic rings. The van der Waals surface area contributed by atoms with E-state index in [1.54, 1.807) is 6.20 Å². The van der Waals surface area contributed by atoms with Gasteiger partial charge in [0.1, 0.15) is 23.3 Å². The molecule has 5 rings (SSSR count). The van der Waals surface area contributed by atoms with Gasteiger partial charge >= 0.3 is 0 Å². The highest BCUT2D eigenvalue weighted by molar-refractivity contribution is 5.82. The number of nitrogens with two attached hydrogens (primary N) is 1. The molecular formula is C25H31N7O2. The molecule has 2 aliphatic heterocycles. The van der Waals surface area contributed by atoms with Gasteiger partial charge in [0, 0.05) is 31.2 Å². The number of rotatable bonds is 5. The second-order valence-electron chi connectivity index (χ2n) is 9.44. The molecule has 1 aromatic carbocycles. The van der Waals surface area contributed by atoms with Crippen molar-refractivity contribution in [2.45, 2.75) is 58.3 Å². The van der Waals surface area contributed by atoms with Gasteiger partial charge in [-0.2, -0.15) is 5.10 Å². The van der Waals surface area contributed by atoms with Crippen LogP contribution in [-0.2, 0) is 18.6 Å². The van der Waals surface area contributed by atoms with E-state index in [4.69, 9.17) is 20.4 Å². The van der Waals surface area contributed by atoms with E-state index in [2.05, 4.69) is 10.00 Å². The van der Waals surface area contributed by atoms with Crippen LogP contribution in [0, 0.1) is 0 Å². The molecule has 0 radical (unpaired) electrons. The van der Waals surface area contributed by atoms with Crippen molar-refractivity contribution in [3.63, 3.8) is 0 Å². The molecule has 1 atom stereocenters. The van der Waals surface area contributed by atoms with Crippen LogP contribution in [0.3, 0.4) is 0 Å². The zero-order valence-corrected chi connectivity index (χ0v) is 19.9. The van der Waals surface area contributed by atoms with Gasteiger partial charge in [-0.15, -0.1) is 0 Å². The summed E-state index contributed by atoms with van der Waals surface area (Å²) >= 11 is 0. The topological polar surface area (TPSA) is 104 Å². The summed E-state index contributed by atoms with van der Waals surface area (Å²) in [6.45, 7) is 8.32. The highest BCUT2D eigenvalue weighted by Gasteiger charge is 2.30. The lowest BCUT2D eigenvalue weighted by molar-refractivity contribution is 0.417. The molecule has 9 nitrogen and oxygen atoms in total. The van der Waals surface area contributed by atoms with Gasteiger partial charge in [0.2, 0.25) is 11.8 Å². The van der Waals surface area contributed by atoms with Gasteiger partial charge in [0.15, 0.2) is 0 Å². The van der Waals surface area contributed by atoms with Crippen LogP contribution in [0.1, 0.15) is 39.2 Å². The van der Waals surface area contributed by atoms with Crippen LogP contribution in [0.2, 0.25) is 0 Å². The van der Waals surface area contributed by atoms with E-state index >= 15 is 0 Å². The van der Waals surface area contributed by atoms with Crippen molar-refractivity contribution in [2.75, 3.05) is 18.0 Å². The second kappa shape index (κ2) is 8.72. The van der Waals surface area contributed by atoms with Gasteiger partial charge in [-0.05, 0) is 39.7 Å². The van der Waals surface area contributed by atoms with Crippen LogP contribution in [0.4, 0.5) is 5.95 Å². The SMILES string of the molecule is C/C=C/Cn1c(N2CCCC(N)C2)nc2cnn(CC3=NC(C)(C)c4ccccc4O3)c(=O)c21. The molecule has 2 N–H and O–H groups in total. The maximum Gasteiger partial charge on any atom is 0.293 e. The van der Waals surface area contributed by atoms with E-state index in [1.807, 2.05) is 61.8 Å². The van der Waals surface area contributed by atoms with E-state index in [0.717, 1.165) is 43.2 Å². The Hall–Kier alpha value is -3.46. The standard InChI is InChI=1S/C25H31N7O2/c1-4-5-13-31-22-19(28-24(31)30-12-8-9-17(26)15-30)14-27-32(23(22)33)16-21-29-25(2,3)18-10-6-7-11-20(18)34-21/h4-7,10-11,14,17H,8-9,12-13,15-16,26H2,1-3H3/b5-4+. The molecule has 2 aromatic heterocycles. The molecule has 1 saturated heterocycles. The molecule has 3 aromatic rings. The third kappa shape index (κ3) is 4.00. The Morgan fingerprint density at radius 2 is 2.12 bits per heavy atom. The molecule has 0 amide bonds. The molecule has 9 heteroatoms. The van der Waals surface area contributed by atoms with Crippen LogP contribution in [0.15, 0.2) is 52.4 Å². The van der Waals surface area contributed by atoms with Crippen LogP contribution in [-0.4, -0.2) is 44.4 Å². The number of aromatic nitrogens is 4. The summed E-state index contributed by atoms with van der Waals surface area (Å²) in [6.07, 6.45) is 7.65. The zero-order chi connectivity index (χ0) is 23.9. The Morgan fingerprint density at radius 1 is 1.29 bits per heavy atom. The van der Waals surface area contributed by atoms with Crippen molar-refractivity contribution in [3.8, 4) is 5.75 Å². The van der Waals surface area contributed by atoms with Gasteiger partial charge in [0.25, 0.3) is 5.56 Å². The predicted molar refractivity (Wildman–Crippen MR) is 134 cm³/mol. The summed E-state index contributed by atoms with van der Waals surface area (Å²) in [6, 6.07) is 7.95. The average molecular weight is 462 g/mol. The number of aliphatic imine (C=N–C) groups is 1. The number of para-hydroxylation sites is 1. The highest BCUT2D eigenvalue weighted by Crippen LogP contribution is 2.36. The minimum atomic E-state index is -0.453. The largest absolute Gasteiger partial charge is 0.441 e. The Morgan fingerprint density at radius 3 is 2.91 bits per heavy atom. The molecule has 1 fully saturated rings. The van der Waals surface area contributed by atoms with Gasteiger partial charge < -0.3 is 19.9 Å². The van der Waals surface area contributed by atoms with E-state index in [1.165, 1.54) is 4.68 Å². The fraction of sp³-hybridized carbons (Fsp3) is 0.440. The molecule has 4 heterocycles. The van der Waals surface area contributed by atoms with Crippen molar-refractivity contribution in [2.24, 2.45) is 10.7 Å². The quantitative estimate of drug-likeness (QED) is 0.586. The minimum absolute atomic E-state index is 0.103. The van der Waals surface area contributed by atoms with E-state index in [9.17, 15) is 4.79 Å². The molecule has 0 bridgehead atoms. The summed E-state index contributed by atoms with van der Waals surface area (Å²) in [4.78, 5) is 25.3. The van der Waals surface area contributed by atoms with Crippen molar-refractivity contribution < 1.29 is 4.74 Å². The molecule has 0 saturated carbocycles. The van der Waals surface area contributed by atoms with Gasteiger partial charge in [-0.1, -0.05) is 30.4 Å². The van der Waals surface area contributed by atoms with E-state index < -0.39 is 5.54 Å². The zero-order valence-electron chi connectivity index (χ0n) is 19.9. The third-order valence-corrected chi connectivity index (χ3v) is 6.46. The molecule has 178 valence electrons. The molecular weight excluding hydrogens is 430 g/mol. The predicted octanol–water partition coefficient (Wildman–Crippen LogP) is 2.82. The summed E-state index contributed by atoms with van der Waals surface area (Å²) in [5, 5.41) is 4.41. The fourth-order valence-corrected chi connectivity index (χ4v) is 4.78. The molecule has 1 unspecified atom stereocenters. The van der Waals surface area contributed by atoms with Crippen LogP contribution in [0.25, 0.3) is 11.0 Å². The first-order valence-electron chi connectivity index (χ1n) is 11.8. The molecule has 0 aliphatic carbocycles. The number of hydrogen-bond acceptors (Lipinski definition) is 7. The number of anilines is 1. The third-order valence-electron chi connectivity index (χ3n) is 6.46. The Balaban J connectivity index is 1.54. The maximum atomic E-state index is 13.6. The number of allylic oxidation sites excluding steroid dienone is 2. The monoisotopic (exact) mass is 461 g/mol. The smallest absolute Gasteiger partial charge is 0.293 e. The van der Waals surface area contributed by atoms with Crippen molar-refractivity contribution in [1.82, 2.24) is 19.3 Å². The van der Waals surface area contributed by atoms with Gasteiger partial charge in [-0.3, -0.25) is 4.79 Å². The summed E-state index contributed by atoms with van der Waals surface area (Å²) < 4.78 is 9.42. The lowest BCUT2D eigenvalue weighted by atomic mass is 9.93. The molecule has 0 spiro atoms.